The molecular weight excluding hydrogens is 358 g/mol. The number of ketones is 1. The summed E-state index contributed by atoms with van der Waals surface area (Å²) in [6, 6.07) is 0.784. The lowest BCUT2D eigenvalue weighted by Gasteiger charge is -2.14. The van der Waals surface area contributed by atoms with Crippen LogP contribution in [0.3, 0.4) is 0 Å². The number of ether oxygens (including phenoxy) is 1. The Morgan fingerprint density at radius 1 is 1.26 bits per heavy atom. The average molecular weight is 378 g/mol. The molecule has 0 radical (unpaired) electrons. The molecule has 0 fully saturated rings. The Labute approximate surface area is 154 Å². The predicted molar refractivity (Wildman–Crippen MR) is 96.9 cm³/mol. The molecule has 2 rings (SSSR count). The fourth-order valence-corrected chi connectivity index (χ4v) is 2.62. The van der Waals surface area contributed by atoms with Crippen molar-refractivity contribution in [2.24, 2.45) is 0 Å². The van der Waals surface area contributed by atoms with Gasteiger partial charge < -0.3 is 14.2 Å². The third-order valence-electron chi connectivity index (χ3n) is 3.86. The lowest BCUT2D eigenvalue weighted by molar-refractivity contribution is 0.0524. The smallest absolute Gasteiger partial charge is 0.343 e. The molecule has 0 bridgehead atoms. The maximum atomic E-state index is 15.0. The van der Waals surface area contributed by atoms with Gasteiger partial charge in [0.15, 0.2) is 11.6 Å². The molecule has 6 nitrogen and oxygen atoms in total. The van der Waals surface area contributed by atoms with E-state index in [1.54, 1.807) is 32.8 Å². The first-order valence-electron chi connectivity index (χ1n) is 8.34. The first kappa shape index (κ1) is 20.3. The zero-order chi connectivity index (χ0) is 20.3. The number of allylic oxidation sites excluding steroid dienone is 1. The van der Waals surface area contributed by atoms with Gasteiger partial charge in [0.2, 0.25) is 5.43 Å². The summed E-state index contributed by atoms with van der Waals surface area (Å²) in [6.07, 6.45) is 3.56. The van der Waals surface area contributed by atoms with Gasteiger partial charge in [-0.15, -0.1) is 0 Å². The SMILES string of the molecule is CCOC(=O)c1cn(CC)c2c(F)c(C(=O)C=CN(C)C)c(F)cc2c1=O. The van der Waals surface area contributed by atoms with Crippen LogP contribution in [0.1, 0.15) is 34.6 Å². The molecule has 2 aromatic rings. The van der Waals surface area contributed by atoms with E-state index in [4.69, 9.17) is 4.74 Å². The van der Waals surface area contributed by atoms with Gasteiger partial charge in [0.1, 0.15) is 11.4 Å². The van der Waals surface area contributed by atoms with E-state index in [9.17, 15) is 18.8 Å². The van der Waals surface area contributed by atoms with E-state index in [0.29, 0.717) is 0 Å². The number of aryl methyl sites for hydroxylation is 1. The molecule has 0 atom stereocenters. The lowest BCUT2D eigenvalue weighted by Crippen LogP contribution is -2.22. The largest absolute Gasteiger partial charge is 0.462 e. The number of esters is 1. The van der Waals surface area contributed by atoms with Crippen molar-refractivity contribution in [1.82, 2.24) is 9.47 Å². The molecule has 0 unspecified atom stereocenters. The second-order valence-corrected chi connectivity index (χ2v) is 5.97. The van der Waals surface area contributed by atoms with E-state index < -0.39 is 34.4 Å². The molecular formula is C19H20F2N2O4. The van der Waals surface area contributed by atoms with E-state index in [1.807, 2.05) is 0 Å². The Hall–Kier alpha value is -3.03. The number of hydrogen-bond donors (Lipinski definition) is 0. The summed E-state index contributed by atoms with van der Waals surface area (Å²) in [5.74, 6) is -4.06. The highest BCUT2D eigenvalue weighted by Crippen LogP contribution is 2.24. The van der Waals surface area contributed by atoms with Gasteiger partial charge in [0.05, 0.1) is 23.1 Å². The van der Waals surface area contributed by atoms with Crippen LogP contribution < -0.4 is 5.43 Å². The molecule has 1 heterocycles. The number of carbonyl (C=O) groups is 2. The summed E-state index contributed by atoms with van der Waals surface area (Å²) >= 11 is 0. The summed E-state index contributed by atoms with van der Waals surface area (Å²) in [5.41, 5.74) is -2.17. The monoisotopic (exact) mass is 378 g/mol. The van der Waals surface area contributed by atoms with Crippen LogP contribution in [0.5, 0.6) is 0 Å². The van der Waals surface area contributed by atoms with Crippen molar-refractivity contribution in [3.05, 3.63) is 57.5 Å². The Morgan fingerprint density at radius 3 is 2.48 bits per heavy atom. The van der Waals surface area contributed by atoms with Crippen molar-refractivity contribution < 1.29 is 23.1 Å². The van der Waals surface area contributed by atoms with Crippen LogP contribution in [0.25, 0.3) is 10.9 Å². The summed E-state index contributed by atoms with van der Waals surface area (Å²) in [5, 5.41) is -0.328. The number of pyridine rings is 1. The number of hydrogen-bond acceptors (Lipinski definition) is 5. The molecule has 0 aliphatic carbocycles. The predicted octanol–water partition coefficient (Wildman–Crippen LogP) is 2.73. The number of fused-ring (bicyclic) bond motifs is 1. The molecule has 0 aliphatic rings. The van der Waals surface area contributed by atoms with Crippen LogP contribution in [0.2, 0.25) is 0 Å². The summed E-state index contributed by atoms with van der Waals surface area (Å²) in [6.45, 7) is 3.48. The van der Waals surface area contributed by atoms with Gasteiger partial charge in [0, 0.05) is 39.1 Å². The van der Waals surface area contributed by atoms with Crippen LogP contribution in [0.15, 0.2) is 29.3 Å². The second kappa shape index (κ2) is 8.11. The third kappa shape index (κ3) is 3.89. The van der Waals surface area contributed by atoms with Gasteiger partial charge in [-0.2, -0.15) is 0 Å². The molecule has 8 heteroatoms. The average Bonchev–Trinajstić information content (AvgIpc) is 2.60. The quantitative estimate of drug-likeness (QED) is 0.439. The van der Waals surface area contributed by atoms with Crippen LogP contribution in [0.4, 0.5) is 8.78 Å². The highest BCUT2D eigenvalue weighted by molar-refractivity contribution is 6.07. The van der Waals surface area contributed by atoms with E-state index in [1.165, 1.54) is 10.8 Å². The molecule has 0 saturated carbocycles. The van der Waals surface area contributed by atoms with Crippen LogP contribution in [-0.2, 0) is 11.3 Å². The lowest BCUT2D eigenvalue weighted by atomic mass is 10.0. The standard InChI is InChI=1S/C19H20F2N2O4/c1-5-23-10-12(19(26)27-6-2)18(25)11-9-13(20)15(16(21)17(11)23)14(24)7-8-22(3)4/h7-10H,5-6H2,1-4H3. The number of halogens is 2. The number of benzene rings is 1. The minimum atomic E-state index is -1.17. The fourth-order valence-electron chi connectivity index (χ4n) is 2.62. The van der Waals surface area contributed by atoms with Crippen molar-refractivity contribution in [3.8, 4) is 0 Å². The molecule has 0 saturated heterocycles. The molecule has 0 N–H and O–H groups in total. The van der Waals surface area contributed by atoms with Crippen LogP contribution >= 0.6 is 0 Å². The van der Waals surface area contributed by atoms with Crippen molar-refractivity contribution in [2.45, 2.75) is 20.4 Å². The van der Waals surface area contributed by atoms with E-state index in [0.717, 1.165) is 18.3 Å². The molecule has 144 valence electrons. The molecule has 0 amide bonds. The molecule has 27 heavy (non-hydrogen) atoms. The minimum absolute atomic E-state index is 0.0524. The summed E-state index contributed by atoms with van der Waals surface area (Å²) < 4.78 is 35.6. The number of aromatic nitrogens is 1. The van der Waals surface area contributed by atoms with Crippen LogP contribution in [-0.4, -0.2) is 41.9 Å². The zero-order valence-electron chi connectivity index (χ0n) is 15.5. The third-order valence-corrected chi connectivity index (χ3v) is 3.86. The minimum Gasteiger partial charge on any atom is -0.462 e. The Morgan fingerprint density at radius 2 is 1.93 bits per heavy atom. The van der Waals surface area contributed by atoms with Crippen molar-refractivity contribution in [1.29, 1.82) is 0 Å². The van der Waals surface area contributed by atoms with Crippen molar-refractivity contribution in [2.75, 3.05) is 20.7 Å². The number of rotatable bonds is 6. The maximum absolute atomic E-state index is 15.0. The van der Waals surface area contributed by atoms with E-state index >= 15 is 4.39 Å². The van der Waals surface area contributed by atoms with Crippen molar-refractivity contribution >= 4 is 22.7 Å². The van der Waals surface area contributed by atoms with Gasteiger partial charge in [-0.3, -0.25) is 9.59 Å². The molecule has 0 spiro atoms. The zero-order valence-corrected chi connectivity index (χ0v) is 15.5. The number of carbonyl (C=O) groups excluding carboxylic acids is 2. The number of nitrogens with zero attached hydrogens (tertiary/aromatic N) is 2. The Balaban J connectivity index is 2.81. The normalized spacial score (nSPS) is 11.2. The topological polar surface area (TPSA) is 68.6 Å². The first-order valence-corrected chi connectivity index (χ1v) is 8.34. The summed E-state index contributed by atoms with van der Waals surface area (Å²) in [7, 11) is 3.31. The highest BCUT2D eigenvalue weighted by atomic mass is 19.1. The van der Waals surface area contributed by atoms with Crippen molar-refractivity contribution in [3.63, 3.8) is 0 Å². The van der Waals surface area contributed by atoms with Gasteiger partial charge in [-0.25, -0.2) is 13.6 Å². The molecule has 1 aromatic carbocycles. The van der Waals surface area contributed by atoms with Gasteiger partial charge in [-0.05, 0) is 19.9 Å². The van der Waals surface area contributed by atoms with Gasteiger partial charge in [-0.1, -0.05) is 0 Å². The van der Waals surface area contributed by atoms with E-state index in [2.05, 4.69) is 0 Å². The van der Waals surface area contributed by atoms with E-state index in [-0.39, 0.29) is 29.6 Å². The van der Waals surface area contributed by atoms with Gasteiger partial charge >= 0.3 is 5.97 Å². The Kier molecular flexibility index (Phi) is 6.09. The summed E-state index contributed by atoms with van der Waals surface area (Å²) in [4.78, 5) is 38.3. The maximum Gasteiger partial charge on any atom is 0.343 e. The van der Waals surface area contributed by atoms with Crippen LogP contribution in [0, 0.1) is 11.6 Å². The molecule has 1 aromatic heterocycles. The first-order chi connectivity index (χ1) is 12.7. The highest BCUT2D eigenvalue weighted by Gasteiger charge is 2.24. The Bertz CT molecular complexity index is 994. The van der Waals surface area contributed by atoms with Gasteiger partial charge in [0.25, 0.3) is 0 Å². The second-order valence-electron chi connectivity index (χ2n) is 5.97. The fraction of sp³-hybridized carbons (Fsp3) is 0.316. The molecule has 0 aliphatic heterocycles.